The van der Waals surface area contributed by atoms with Gasteiger partial charge in [-0.1, -0.05) is 30.3 Å². The van der Waals surface area contributed by atoms with Crippen molar-refractivity contribution in [1.29, 1.82) is 0 Å². The van der Waals surface area contributed by atoms with Gasteiger partial charge in [0.1, 0.15) is 0 Å². The molecule has 0 bridgehead atoms. The lowest BCUT2D eigenvalue weighted by molar-refractivity contribution is -0.133. The Hall–Kier alpha value is -2.10. The van der Waals surface area contributed by atoms with Crippen molar-refractivity contribution in [3.8, 4) is 0 Å². The van der Waals surface area contributed by atoms with Crippen molar-refractivity contribution in [3.63, 3.8) is 0 Å². The summed E-state index contributed by atoms with van der Waals surface area (Å²) in [6.45, 7) is 2.07. The van der Waals surface area contributed by atoms with Crippen LogP contribution in [0.4, 0.5) is 0 Å². The second kappa shape index (κ2) is 5.35. The minimum absolute atomic E-state index is 0.0936. The van der Waals surface area contributed by atoms with E-state index in [4.69, 9.17) is 0 Å². The summed E-state index contributed by atoms with van der Waals surface area (Å²) in [5.74, 6) is 0.613. The molecule has 0 N–H and O–H groups in total. The predicted octanol–water partition coefficient (Wildman–Crippen LogP) is 2.74. The molecular formula is C17H21N3O. The van der Waals surface area contributed by atoms with Crippen LogP contribution in [0.25, 0.3) is 0 Å². The number of benzene rings is 1. The van der Waals surface area contributed by atoms with E-state index < -0.39 is 0 Å². The molecule has 2 aromatic rings. The molecule has 0 aliphatic heterocycles. The highest BCUT2D eigenvalue weighted by Crippen LogP contribution is 2.48. The van der Waals surface area contributed by atoms with Crippen molar-refractivity contribution in [2.75, 3.05) is 7.05 Å². The zero-order valence-electron chi connectivity index (χ0n) is 12.7. The molecule has 1 saturated carbocycles. The van der Waals surface area contributed by atoms with Gasteiger partial charge in [-0.05, 0) is 18.9 Å². The van der Waals surface area contributed by atoms with Crippen molar-refractivity contribution in [2.45, 2.75) is 25.3 Å². The predicted molar refractivity (Wildman–Crippen MR) is 81.7 cm³/mol. The van der Waals surface area contributed by atoms with Crippen LogP contribution in [0.1, 0.15) is 36.6 Å². The number of amides is 1. The summed E-state index contributed by atoms with van der Waals surface area (Å²) >= 11 is 0. The first kappa shape index (κ1) is 13.9. The fourth-order valence-corrected chi connectivity index (χ4v) is 2.83. The van der Waals surface area contributed by atoms with Gasteiger partial charge in [0.15, 0.2) is 0 Å². The molecule has 0 spiro atoms. The van der Waals surface area contributed by atoms with Gasteiger partial charge < -0.3 is 9.47 Å². The summed E-state index contributed by atoms with van der Waals surface area (Å²) in [7, 11) is 3.85. The fourth-order valence-electron chi connectivity index (χ4n) is 2.83. The Kier molecular flexibility index (Phi) is 3.53. The Morgan fingerprint density at radius 1 is 1.38 bits per heavy atom. The van der Waals surface area contributed by atoms with Crippen molar-refractivity contribution >= 4 is 5.91 Å². The molecular weight excluding hydrogens is 262 g/mol. The molecule has 1 aromatic carbocycles. The summed E-state index contributed by atoms with van der Waals surface area (Å²) < 4.78 is 1.94. The van der Waals surface area contributed by atoms with E-state index in [0.29, 0.717) is 5.92 Å². The number of imidazole rings is 1. The van der Waals surface area contributed by atoms with E-state index in [-0.39, 0.29) is 17.9 Å². The standard InChI is InChI=1S/C17H21N3O/c1-12(13-7-5-4-6-8-13)20(3)17(21)15-9-14(15)16-10-19(2)11-18-16/h4-8,10-12,14-15H,9H2,1-3H3/t12?,14-,15?/m1/s1. The molecule has 1 fully saturated rings. The maximum Gasteiger partial charge on any atom is 0.226 e. The molecule has 1 aliphatic rings. The number of hydrogen-bond donors (Lipinski definition) is 0. The quantitative estimate of drug-likeness (QED) is 0.865. The normalized spacial score (nSPS) is 21.9. The lowest BCUT2D eigenvalue weighted by Crippen LogP contribution is -2.31. The van der Waals surface area contributed by atoms with Gasteiger partial charge in [0.2, 0.25) is 5.91 Å². The number of aromatic nitrogens is 2. The topological polar surface area (TPSA) is 38.1 Å². The largest absolute Gasteiger partial charge is 0.340 e. The summed E-state index contributed by atoms with van der Waals surface area (Å²) in [6, 6.07) is 10.3. The third-order valence-electron chi connectivity index (χ3n) is 4.42. The molecule has 4 nitrogen and oxygen atoms in total. The molecule has 4 heteroatoms. The van der Waals surface area contributed by atoms with Gasteiger partial charge >= 0.3 is 0 Å². The lowest BCUT2D eigenvalue weighted by Gasteiger charge is -2.25. The maximum atomic E-state index is 12.6. The Balaban J connectivity index is 1.66. The van der Waals surface area contributed by atoms with Crippen LogP contribution in [0.3, 0.4) is 0 Å². The number of nitrogens with zero attached hydrogens (tertiary/aromatic N) is 3. The van der Waals surface area contributed by atoms with Crippen molar-refractivity contribution in [3.05, 3.63) is 54.1 Å². The number of carbonyl (C=O) groups is 1. The molecule has 3 atom stereocenters. The summed E-state index contributed by atoms with van der Waals surface area (Å²) in [6.07, 6.45) is 4.73. The van der Waals surface area contributed by atoms with Crippen molar-refractivity contribution in [1.82, 2.24) is 14.5 Å². The van der Waals surface area contributed by atoms with Crippen LogP contribution < -0.4 is 0 Å². The highest BCUT2D eigenvalue weighted by molar-refractivity contribution is 5.83. The Morgan fingerprint density at radius 3 is 2.71 bits per heavy atom. The van der Waals surface area contributed by atoms with Gasteiger partial charge in [-0.3, -0.25) is 4.79 Å². The molecule has 1 aromatic heterocycles. The van der Waals surface area contributed by atoms with Crippen LogP contribution in [0.2, 0.25) is 0 Å². The van der Waals surface area contributed by atoms with E-state index in [9.17, 15) is 4.79 Å². The molecule has 1 aliphatic carbocycles. The SMILES string of the molecule is CC(c1ccccc1)N(C)C(=O)C1C[C@H]1c1cn(C)cn1. The Bertz CT molecular complexity index is 634. The number of carbonyl (C=O) groups excluding carboxylic acids is 1. The Labute approximate surface area is 125 Å². The molecule has 2 unspecified atom stereocenters. The van der Waals surface area contributed by atoms with E-state index in [1.54, 1.807) is 6.33 Å². The molecule has 0 radical (unpaired) electrons. The average Bonchev–Trinajstić information content (AvgIpc) is 3.20. The first-order chi connectivity index (χ1) is 10.1. The minimum atomic E-state index is 0.0936. The van der Waals surface area contributed by atoms with E-state index in [1.807, 2.05) is 48.0 Å². The van der Waals surface area contributed by atoms with Gasteiger partial charge in [-0.15, -0.1) is 0 Å². The second-order valence-electron chi connectivity index (χ2n) is 5.95. The molecule has 1 heterocycles. The molecule has 21 heavy (non-hydrogen) atoms. The molecule has 110 valence electrons. The van der Waals surface area contributed by atoms with E-state index in [0.717, 1.165) is 12.1 Å². The van der Waals surface area contributed by atoms with Crippen LogP contribution >= 0.6 is 0 Å². The molecule has 3 rings (SSSR count). The smallest absolute Gasteiger partial charge is 0.226 e. The van der Waals surface area contributed by atoms with Crippen LogP contribution in [0, 0.1) is 5.92 Å². The highest BCUT2D eigenvalue weighted by atomic mass is 16.2. The fraction of sp³-hybridized carbons (Fsp3) is 0.412. The van der Waals surface area contributed by atoms with Crippen molar-refractivity contribution < 1.29 is 4.79 Å². The van der Waals surface area contributed by atoms with Crippen LogP contribution in [-0.2, 0) is 11.8 Å². The van der Waals surface area contributed by atoms with Gasteiger partial charge in [-0.25, -0.2) is 4.98 Å². The minimum Gasteiger partial charge on any atom is -0.340 e. The van der Waals surface area contributed by atoms with Crippen LogP contribution in [-0.4, -0.2) is 27.4 Å². The average molecular weight is 283 g/mol. The van der Waals surface area contributed by atoms with Gasteiger partial charge in [0, 0.05) is 32.1 Å². The van der Waals surface area contributed by atoms with Gasteiger partial charge in [0.05, 0.1) is 18.1 Å². The molecule has 1 amide bonds. The van der Waals surface area contributed by atoms with Crippen LogP contribution in [0.5, 0.6) is 0 Å². The third-order valence-corrected chi connectivity index (χ3v) is 4.42. The first-order valence-corrected chi connectivity index (χ1v) is 7.37. The van der Waals surface area contributed by atoms with E-state index >= 15 is 0 Å². The molecule has 0 saturated heterocycles. The van der Waals surface area contributed by atoms with Crippen molar-refractivity contribution in [2.24, 2.45) is 13.0 Å². The second-order valence-corrected chi connectivity index (χ2v) is 5.95. The zero-order valence-corrected chi connectivity index (χ0v) is 12.7. The summed E-state index contributed by atoms with van der Waals surface area (Å²) in [5.41, 5.74) is 2.21. The lowest BCUT2D eigenvalue weighted by atomic mass is 10.1. The number of aryl methyl sites for hydroxylation is 1. The first-order valence-electron chi connectivity index (χ1n) is 7.37. The van der Waals surface area contributed by atoms with E-state index in [1.165, 1.54) is 5.56 Å². The van der Waals surface area contributed by atoms with Crippen LogP contribution in [0.15, 0.2) is 42.9 Å². The zero-order chi connectivity index (χ0) is 15.0. The summed E-state index contributed by atoms with van der Waals surface area (Å²) in [5, 5.41) is 0. The van der Waals surface area contributed by atoms with Gasteiger partial charge in [0.25, 0.3) is 0 Å². The maximum absolute atomic E-state index is 12.6. The number of rotatable bonds is 4. The third kappa shape index (κ3) is 2.71. The number of hydrogen-bond acceptors (Lipinski definition) is 2. The monoisotopic (exact) mass is 283 g/mol. The summed E-state index contributed by atoms with van der Waals surface area (Å²) in [4.78, 5) is 18.8. The van der Waals surface area contributed by atoms with E-state index in [2.05, 4.69) is 24.0 Å². The Morgan fingerprint density at radius 2 is 2.10 bits per heavy atom. The highest BCUT2D eigenvalue weighted by Gasteiger charge is 2.47. The van der Waals surface area contributed by atoms with Gasteiger partial charge in [-0.2, -0.15) is 0 Å².